The van der Waals surface area contributed by atoms with E-state index in [1.165, 1.54) is 6.07 Å². The van der Waals surface area contributed by atoms with Gasteiger partial charge in [0.2, 0.25) is 10.0 Å². The van der Waals surface area contributed by atoms with Crippen molar-refractivity contribution in [2.45, 2.75) is 43.7 Å². The zero-order valence-corrected chi connectivity index (χ0v) is 12.8. The van der Waals surface area contributed by atoms with Gasteiger partial charge in [-0.2, -0.15) is 0 Å². The number of nitrogens with one attached hydrogen (secondary N) is 1. The van der Waals surface area contributed by atoms with E-state index in [4.69, 9.17) is 17.3 Å². The molecule has 2 atom stereocenters. The largest absolute Gasteiger partial charge is 0.326 e. The average molecular weight is 321 g/mol. The van der Waals surface area contributed by atoms with E-state index in [-0.39, 0.29) is 28.1 Å². The molecule has 0 spiro atoms. The molecule has 1 aliphatic rings. The first-order valence-electron chi connectivity index (χ1n) is 6.54. The molecular formula is C13H18ClFN2O2S. The quantitative estimate of drug-likeness (QED) is 0.894. The molecule has 3 N–H and O–H groups in total. The van der Waals surface area contributed by atoms with Crippen LogP contribution in [0.15, 0.2) is 17.0 Å². The molecule has 112 valence electrons. The van der Waals surface area contributed by atoms with E-state index in [2.05, 4.69) is 11.6 Å². The predicted octanol–water partition coefficient (Wildman–Crippen LogP) is 2.40. The molecule has 4 nitrogen and oxygen atoms in total. The molecule has 0 amide bonds. The lowest BCUT2D eigenvalue weighted by molar-refractivity contribution is 0.537. The van der Waals surface area contributed by atoms with Crippen molar-refractivity contribution in [1.29, 1.82) is 0 Å². The van der Waals surface area contributed by atoms with Gasteiger partial charge in [0.15, 0.2) is 0 Å². The Morgan fingerprint density at radius 2 is 2.15 bits per heavy atom. The third-order valence-electron chi connectivity index (χ3n) is 3.62. The monoisotopic (exact) mass is 320 g/mol. The summed E-state index contributed by atoms with van der Waals surface area (Å²) in [6.45, 7) is 2.07. The summed E-state index contributed by atoms with van der Waals surface area (Å²) in [5.74, 6) is -0.265. The lowest BCUT2D eigenvalue weighted by Crippen LogP contribution is -2.33. The van der Waals surface area contributed by atoms with Gasteiger partial charge in [-0.1, -0.05) is 18.5 Å². The molecule has 2 unspecified atom stereocenters. The smallest absolute Gasteiger partial charge is 0.240 e. The van der Waals surface area contributed by atoms with Crippen molar-refractivity contribution in [2.24, 2.45) is 11.7 Å². The van der Waals surface area contributed by atoms with E-state index in [0.29, 0.717) is 5.92 Å². The Labute approximate surface area is 123 Å². The summed E-state index contributed by atoms with van der Waals surface area (Å²) in [5.41, 5.74) is 5.73. The Hall–Kier alpha value is -0.690. The van der Waals surface area contributed by atoms with Crippen molar-refractivity contribution in [2.75, 3.05) is 0 Å². The second-order valence-corrected chi connectivity index (χ2v) is 7.41. The van der Waals surface area contributed by atoms with Crippen LogP contribution < -0.4 is 10.5 Å². The third-order valence-corrected chi connectivity index (χ3v) is 5.55. The molecule has 0 saturated heterocycles. The Morgan fingerprint density at radius 1 is 1.45 bits per heavy atom. The van der Waals surface area contributed by atoms with Crippen molar-refractivity contribution >= 4 is 21.6 Å². The number of halogens is 2. The standard InChI is InChI=1S/C13H18ClFN2O2S/c1-8-2-3-10(4-8)17-20(18,19)11-5-9(7-16)13(14)12(15)6-11/h5-6,8,10,17H,2-4,7,16H2,1H3. The molecule has 0 aromatic heterocycles. The highest BCUT2D eigenvalue weighted by Gasteiger charge is 2.27. The van der Waals surface area contributed by atoms with Gasteiger partial charge in [-0.15, -0.1) is 0 Å². The highest BCUT2D eigenvalue weighted by Crippen LogP contribution is 2.28. The normalized spacial score (nSPS) is 23.2. The molecule has 7 heteroatoms. The number of hydrogen-bond donors (Lipinski definition) is 2. The van der Waals surface area contributed by atoms with E-state index in [9.17, 15) is 12.8 Å². The van der Waals surface area contributed by atoms with Crippen LogP contribution in [0.25, 0.3) is 0 Å². The zero-order chi connectivity index (χ0) is 14.9. The zero-order valence-electron chi connectivity index (χ0n) is 11.2. The fourth-order valence-electron chi connectivity index (χ4n) is 2.52. The minimum absolute atomic E-state index is 0.0143. The van der Waals surface area contributed by atoms with Gasteiger partial charge in [-0.05, 0) is 42.9 Å². The topological polar surface area (TPSA) is 72.2 Å². The number of rotatable bonds is 4. The molecule has 0 radical (unpaired) electrons. The SMILES string of the molecule is CC1CCC(NS(=O)(=O)c2cc(F)c(Cl)c(CN)c2)C1. The van der Waals surface area contributed by atoms with Gasteiger partial charge in [0, 0.05) is 12.6 Å². The fourth-order valence-corrected chi connectivity index (χ4v) is 4.05. The molecule has 0 bridgehead atoms. The van der Waals surface area contributed by atoms with Crippen molar-refractivity contribution in [3.05, 3.63) is 28.5 Å². The fraction of sp³-hybridized carbons (Fsp3) is 0.538. The molecule has 1 aromatic carbocycles. The van der Waals surface area contributed by atoms with Crippen LogP contribution in [0.4, 0.5) is 4.39 Å². The summed E-state index contributed by atoms with van der Waals surface area (Å²) >= 11 is 5.73. The highest BCUT2D eigenvalue weighted by molar-refractivity contribution is 7.89. The number of hydrogen-bond acceptors (Lipinski definition) is 3. The minimum atomic E-state index is -3.74. The predicted molar refractivity (Wildman–Crippen MR) is 76.4 cm³/mol. The molecule has 1 fully saturated rings. The van der Waals surface area contributed by atoms with Crippen LogP contribution in [0.2, 0.25) is 5.02 Å². The van der Waals surface area contributed by atoms with Crippen molar-refractivity contribution in [3.63, 3.8) is 0 Å². The van der Waals surface area contributed by atoms with Crippen molar-refractivity contribution in [1.82, 2.24) is 4.72 Å². The van der Waals surface area contributed by atoms with Gasteiger partial charge < -0.3 is 5.73 Å². The van der Waals surface area contributed by atoms with Crippen molar-refractivity contribution in [3.8, 4) is 0 Å². The van der Waals surface area contributed by atoms with Crippen LogP contribution in [-0.2, 0) is 16.6 Å². The summed E-state index contributed by atoms with van der Waals surface area (Å²) < 4.78 is 40.8. The summed E-state index contributed by atoms with van der Waals surface area (Å²) in [6, 6.07) is 2.17. The van der Waals surface area contributed by atoms with E-state index in [0.717, 1.165) is 25.3 Å². The molecule has 0 heterocycles. The molecular weight excluding hydrogens is 303 g/mol. The van der Waals surface area contributed by atoms with Crippen LogP contribution in [-0.4, -0.2) is 14.5 Å². The Kier molecular flexibility index (Phi) is 4.69. The summed E-state index contributed by atoms with van der Waals surface area (Å²) in [6.07, 6.45) is 2.61. The van der Waals surface area contributed by atoms with Crippen LogP contribution in [0.5, 0.6) is 0 Å². The summed E-state index contributed by atoms with van der Waals surface area (Å²) in [5, 5.41) is -0.124. The van der Waals surface area contributed by atoms with E-state index in [1.54, 1.807) is 0 Å². The summed E-state index contributed by atoms with van der Waals surface area (Å²) in [4.78, 5) is -0.126. The maximum Gasteiger partial charge on any atom is 0.240 e. The maximum absolute atomic E-state index is 13.7. The number of nitrogens with two attached hydrogens (primary N) is 1. The van der Waals surface area contributed by atoms with E-state index < -0.39 is 15.8 Å². The Balaban J connectivity index is 2.27. The average Bonchev–Trinajstić information content (AvgIpc) is 2.77. The number of benzene rings is 1. The van der Waals surface area contributed by atoms with Crippen LogP contribution in [0.3, 0.4) is 0 Å². The molecule has 2 rings (SSSR count). The first-order valence-corrected chi connectivity index (χ1v) is 8.40. The van der Waals surface area contributed by atoms with Crippen molar-refractivity contribution < 1.29 is 12.8 Å². The number of sulfonamides is 1. The van der Waals surface area contributed by atoms with Crippen LogP contribution >= 0.6 is 11.6 Å². The maximum atomic E-state index is 13.7. The van der Waals surface area contributed by atoms with Crippen LogP contribution in [0.1, 0.15) is 31.7 Å². The molecule has 1 aromatic rings. The van der Waals surface area contributed by atoms with Gasteiger partial charge in [0.25, 0.3) is 0 Å². The summed E-state index contributed by atoms with van der Waals surface area (Å²) in [7, 11) is -3.74. The molecule has 20 heavy (non-hydrogen) atoms. The van der Waals surface area contributed by atoms with Gasteiger partial charge in [-0.3, -0.25) is 0 Å². The Bertz CT molecular complexity index is 607. The van der Waals surface area contributed by atoms with Gasteiger partial charge in [-0.25, -0.2) is 17.5 Å². The third kappa shape index (κ3) is 3.31. The van der Waals surface area contributed by atoms with Gasteiger partial charge in [0.05, 0.1) is 9.92 Å². The lowest BCUT2D eigenvalue weighted by atomic mass is 10.1. The van der Waals surface area contributed by atoms with E-state index in [1.807, 2.05) is 0 Å². The minimum Gasteiger partial charge on any atom is -0.326 e. The van der Waals surface area contributed by atoms with E-state index >= 15 is 0 Å². The first-order chi connectivity index (χ1) is 9.33. The highest BCUT2D eigenvalue weighted by atomic mass is 35.5. The van der Waals surface area contributed by atoms with Gasteiger partial charge >= 0.3 is 0 Å². The lowest BCUT2D eigenvalue weighted by Gasteiger charge is -2.14. The molecule has 0 aliphatic heterocycles. The Morgan fingerprint density at radius 3 is 2.70 bits per heavy atom. The second-order valence-electron chi connectivity index (χ2n) is 5.32. The first kappa shape index (κ1) is 15.7. The second kappa shape index (κ2) is 5.97. The van der Waals surface area contributed by atoms with Crippen LogP contribution in [0, 0.1) is 11.7 Å². The molecule has 1 aliphatic carbocycles. The molecule has 1 saturated carbocycles. The van der Waals surface area contributed by atoms with Gasteiger partial charge in [0.1, 0.15) is 5.82 Å².